The first-order valence-electron chi connectivity index (χ1n) is 9.26. The minimum absolute atomic E-state index is 0.0348. The highest BCUT2D eigenvalue weighted by Gasteiger charge is 2.14. The van der Waals surface area contributed by atoms with Crippen molar-refractivity contribution in [1.82, 2.24) is 15.1 Å². The van der Waals surface area contributed by atoms with Gasteiger partial charge in [0.1, 0.15) is 5.75 Å². The molecule has 1 fully saturated rings. The van der Waals surface area contributed by atoms with Crippen LogP contribution in [0.2, 0.25) is 0 Å². The van der Waals surface area contributed by atoms with E-state index in [1.807, 2.05) is 30.3 Å². The van der Waals surface area contributed by atoms with Crippen molar-refractivity contribution in [2.75, 3.05) is 52.9 Å². The standard InChI is InChI=1S/C20H31N3O2/c1-3-22-14-16-23(17-15-22)13-5-4-12-21-20(24)11-8-18-6-9-19(25-2)10-7-18/h6-11H,3-5,12-17H2,1-2H3,(H,21,24)/b11-8+. The van der Waals surface area contributed by atoms with Gasteiger partial charge in [-0.25, -0.2) is 0 Å². The van der Waals surface area contributed by atoms with E-state index in [4.69, 9.17) is 4.74 Å². The number of nitrogens with zero attached hydrogens (tertiary/aromatic N) is 2. The molecule has 1 aromatic rings. The van der Waals surface area contributed by atoms with E-state index in [1.165, 1.54) is 26.2 Å². The Morgan fingerprint density at radius 3 is 2.44 bits per heavy atom. The molecule has 1 heterocycles. The lowest BCUT2D eigenvalue weighted by atomic mass is 10.2. The molecule has 5 heteroatoms. The number of nitrogens with one attached hydrogen (secondary N) is 1. The molecule has 0 radical (unpaired) electrons. The molecular formula is C20H31N3O2. The number of carbonyl (C=O) groups excluding carboxylic acids is 1. The average molecular weight is 345 g/mol. The summed E-state index contributed by atoms with van der Waals surface area (Å²) in [5.41, 5.74) is 0.988. The number of benzene rings is 1. The van der Waals surface area contributed by atoms with Crippen LogP contribution in [0.1, 0.15) is 25.3 Å². The highest BCUT2D eigenvalue weighted by atomic mass is 16.5. The molecule has 0 aliphatic carbocycles. The van der Waals surface area contributed by atoms with Gasteiger partial charge < -0.3 is 19.9 Å². The van der Waals surface area contributed by atoms with Crippen LogP contribution in [-0.2, 0) is 4.79 Å². The highest BCUT2D eigenvalue weighted by molar-refractivity contribution is 5.91. The van der Waals surface area contributed by atoms with Gasteiger partial charge in [0, 0.05) is 38.8 Å². The lowest BCUT2D eigenvalue weighted by Gasteiger charge is -2.33. The molecule has 0 aromatic heterocycles. The zero-order valence-electron chi connectivity index (χ0n) is 15.5. The second kappa shape index (κ2) is 10.9. The molecule has 1 aliphatic rings. The minimum atomic E-state index is -0.0348. The van der Waals surface area contributed by atoms with Crippen molar-refractivity contribution in [2.24, 2.45) is 0 Å². The third-order valence-corrected chi connectivity index (χ3v) is 4.66. The monoisotopic (exact) mass is 345 g/mol. The first-order valence-corrected chi connectivity index (χ1v) is 9.26. The molecule has 5 nitrogen and oxygen atoms in total. The molecule has 0 spiro atoms. The SMILES string of the molecule is CCN1CCN(CCCCNC(=O)/C=C/c2ccc(OC)cc2)CC1. The number of ether oxygens (including phenoxy) is 1. The molecule has 2 rings (SSSR count). The number of piperazine rings is 1. The van der Waals surface area contributed by atoms with E-state index in [1.54, 1.807) is 13.2 Å². The maximum absolute atomic E-state index is 11.8. The van der Waals surface area contributed by atoms with E-state index in [-0.39, 0.29) is 5.91 Å². The van der Waals surface area contributed by atoms with Gasteiger partial charge in [0.2, 0.25) is 5.91 Å². The lowest BCUT2D eigenvalue weighted by molar-refractivity contribution is -0.116. The molecule has 0 bridgehead atoms. The highest BCUT2D eigenvalue weighted by Crippen LogP contribution is 2.12. The van der Waals surface area contributed by atoms with Crippen LogP contribution in [0.4, 0.5) is 0 Å². The third-order valence-electron chi connectivity index (χ3n) is 4.66. The fourth-order valence-electron chi connectivity index (χ4n) is 2.95. The van der Waals surface area contributed by atoms with Gasteiger partial charge in [-0.3, -0.25) is 4.79 Å². The maximum Gasteiger partial charge on any atom is 0.243 e. The second-order valence-corrected chi connectivity index (χ2v) is 6.38. The third kappa shape index (κ3) is 7.28. The van der Waals surface area contributed by atoms with E-state index in [0.29, 0.717) is 0 Å². The molecule has 1 aromatic carbocycles. The minimum Gasteiger partial charge on any atom is -0.497 e. The van der Waals surface area contributed by atoms with Gasteiger partial charge in [-0.2, -0.15) is 0 Å². The van der Waals surface area contributed by atoms with Gasteiger partial charge >= 0.3 is 0 Å². The summed E-state index contributed by atoms with van der Waals surface area (Å²) in [6.07, 6.45) is 5.57. The Morgan fingerprint density at radius 1 is 1.12 bits per heavy atom. The Kier molecular flexibility index (Phi) is 8.49. The molecule has 0 atom stereocenters. The summed E-state index contributed by atoms with van der Waals surface area (Å²) >= 11 is 0. The number of unbranched alkanes of at least 4 members (excludes halogenated alkanes) is 1. The molecule has 1 aliphatic heterocycles. The lowest BCUT2D eigenvalue weighted by Crippen LogP contribution is -2.46. The summed E-state index contributed by atoms with van der Waals surface area (Å²) in [5.74, 6) is 0.782. The first kappa shape index (κ1) is 19.5. The largest absolute Gasteiger partial charge is 0.497 e. The zero-order chi connectivity index (χ0) is 17.9. The molecule has 1 N–H and O–H groups in total. The topological polar surface area (TPSA) is 44.8 Å². The maximum atomic E-state index is 11.8. The Hall–Kier alpha value is -1.85. The van der Waals surface area contributed by atoms with Crippen LogP contribution in [0.3, 0.4) is 0 Å². The van der Waals surface area contributed by atoms with Crippen LogP contribution < -0.4 is 10.1 Å². The van der Waals surface area contributed by atoms with Crippen molar-refractivity contribution in [3.8, 4) is 5.75 Å². The van der Waals surface area contributed by atoms with Gasteiger partial charge in [0.25, 0.3) is 0 Å². The van der Waals surface area contributed by atoms with Crippen molar-refractivity contribution >= 4 is 12.0 Å². The number of hydrogen-bond donors (Lipinski definition) is 1. The van der Waals surface area contributed by atoms with Crippen molar-refractivity contribution in [2.45, 2.75) is 19.8 Å². The van der Waals surface area contributed by atoms with Crippen molar-refractivity contribution in [3.05, 3.63) is 35.9 Å². The predicted molar refractivity (Wildman–Crippen MR) is 103 cm³/mol. The van der Waals surface area contributed by atoms with E-state index in [9.17, 15) is 4.79 Å². The Labute approximate surface area is 151 Å². The van der Waals surface area contributed by atoms with Crippen LogP contribution in [0.5, 0.6) is 5.75 Å². The number of methoxy groups -OCH3 is 1. The molecule has 0 saturated carbocycles. The van der Waals surface area contributed by atoms with Gasteiger partial charge in [0.15, 0.2) is 0 Å². The van der Waals surface area contributed by atoms with Crippen LogP contribution in [0.15, 0.2) is 30.3 Å². The van der Waals surface area contributed by atoms with Crippen molar-refractivity contribution < 1.29 is 9.53 Å². The van der Waals surface area contributed by atoms with E-state index < -0.39 is 0 Å². The van der Waals surface area contributed by atoms with E-state index >= 15 is 0 Å². The van der Waals surface area contributed by atoms with E-state index in [0.717, 1.165) is 43.8 Å². The molecule has 138 valence electrons. The molecule has 25 heavy (non-hydrogen) atoms. The number of carbonyl (C=O) groups is 1. The van der Waals surface area contributed by atoms with Crippen molar-refractivity contribution in [3.63, 3.8) is 0 Å². The Morgan fingerprint density at radius 2 is 1.80 bits per heavy atom. The summed E-state index contributed by atoms with van der Waals surface area (Å²) in [6.45, 7) is 9.96. The zero-order valence-corrected chi connectivity index (χ0v) is 15.5. The Bertz CT molecular complexity index is 534. The summed E-state index contributed by atoms with van der Waals surface area (Å²) in [6, 6.07) is 7.64. The number of amides is 1. The summed E-state index contributed by atoms with van der Waals surface area (Å²) in [4.78, 5) is 16.9. The van der Waals surface area contributed by atoms with Crippen LogP contribution in [0, 0.1) is 0 Å². The van der Waals surface area contributed by atoms with E-state index in [2.05, 4.69) is 22.0 Å². The Balaban J connectivity index is 1.55. The average Bonchev–Trinajstić information content (AvgIpc) is 2.67. The normalized spacial score (nSPS) is 16.2. The molecule has 0 unspecified atom stereocenters. The second-order valence-electron chi connectivity index (χ2n) is 6.38. The predicted octanol–water partition coefficient (Wildman–Crippen LogP) is 2.24. The van der Waals surface area contributed by atoms with Crippen LogP contribution in [-0.4, -0.2) is 68.6 Å². The molecule has 1 saturated heterocycles. The summed E-state index contributed by atoms with van der Waals surface area (Å²) < 4.78 is 5.12. The first-order chi connectivity index (χ1) is 12.2. The van der Waals surface area contributed by atoms with Gasteiger partial charge in [-0.05, 0) is 49.7 Å². The molecule has 1 amide bonds. The fourth-order valence-corrected chi connectivity index (χ4v) is 2.95. The number of rotatable bonds is 9. The van der Waals surface area contributed by atoms with Gasteiger partial charge in [-0.1, -0.05) is 19.1 Å². The quantitative estimate of drug-likeness (QED) is 0.551. The summed E-state index contributed by atoms with van der Waals surface area (Å²) in [5, 5.41) is 2.95. The van der Waals surface area contributed by atoms with Crippen molar-refractivity contribution in [1.29, 1.82) is 0 Å². The van der Waals surface area contributed by atoms with Crippen LogP contribution >= 0.6 is 0 Å². The van der Waals surface area contributed by atoms with Gasteiger partial charge in [-0.15, -0.1) is 0 Å². The number of hydrogen-bond acceptors (Lipinski definition) is 4. The fraction of sp³-hybridized carbons (Fsp3) is 0.550. The smallest absolute Gasteiger partial charge is 0.243 e. The van der Waals surface area contributed by atoms with Crippen LogP contribution in [0.25, 0.3) is 6.08 Å². The number of likely N-dealkylation sites (N-methyl/N-ethyl adjacent to an activating group) is 1. The summed E-state index contributed by atoms with van der Waals surface area (Å²) in [7, 11) is 1.64. The van der Waals surface area contributed by atoms with Gasteiger partial charge in [0.05, 0.1) is 7.11 Å². The molecular weight excluding hydrogens is 314 g/mol.